The maximum atomic E-state index is 13.3. The third-order valence-electron chi connectivity index (χ3n) is 5.90. The highest BCUT2D eigenvalue weighted by Gasteiger charge is 2.31. The summed E-state index contributed by atoms with van der Waals surface area (Å²) in [7, 11) is 0. The lowest BCUT2D eigenvalue weighted by atomic mass is 10.1. The minimum atomic E-state index is -4.53. The van der Waals surface area contributed by atoms with E-state index in [1.165, 1.54) is 40.1 Å². The molecule has 0 radical (unpaired) electrons. The van der Waals surface area contributed by atoms with Crippen molar-refractivity contribution in [3.8, 4) is 0 Å². The molecular formula is C25H25F5N10O2. The first-order valence-corrected chi connectivity index (χ1v) is 12.6. The molecule has 0 unspecified atom stereocenters. The van der Waals surface area contributed by atoms with Crippen molar-refractivity contribution in [2.45, 2.75) is 58.0 Å². The number of amides is 2. The Morgan fingerprint density at radius 3 is 1.93 bits per heavy atom. The largest absolute Gasteiger partial charge is 0.417 e. The molecule has 42 heavy (non-hydrogen) atoms. The van der Waals surface area contributed by atoms with Crippen molar-refractivity contribution in [1.29, 1.82) is 0 Å². The number of nitrogens with one attached hydrogen (secondary N) is 2. The Bertz CT molecular complexity index is 1510. The van der Waals surface area contributed by atoms with Gasteiger partial charge in [-0.3, -0.25) is 28.9 Å². The van der Waals surface area contributed by atoms with E-state index in [4.69, 9.17) is 0 Å². The van der Waals surface area contributed by atoms with E-state index in [9.17, 15) is 31.5 Å². The quantitative estimate of drug-likeness (QED) is 0.189. The monoisotopic (exact) mass is 592 g/mol. The van der Waals surface area contributed by atoms with Crippen LogP contribution in [0.1, 0.15) is 63.1 Å². The van der Waals surface area contributed by atoms with Crippen LogP contribution in [0.5, 0.6) is 0 Å². The van der Waals surface area contributed by atoms with Gasteiger partial charge in [-0.15, -0.1) is 10.2 Å². The summed E-state index contributed by atoms with van der Waals surface area (Å²) < 4.78 is 68.0. The fourth-order valence-corrected chi connectivity index (χ4v) is 3.63. The summed E-state index contributed by atoms with van der Waals surface area (Å²) in [6, 6.07) is 3.57. The normalized spacial score (nSPS) is 11.9. The standard InChI is InChI=1S/C25H25F5N10O2/c1-24(26,27)17-4-5-19(32-12-17)13-34-23(42)21-15-40(38-36-21)7-3-2-6-39-14-20(35-37-39)22(41)33-10-16-8-18(11-31-9-16)25(28,29)30/h4-5,8-9,11-12,14-15H,2-3,6-7,10,13H2,1H3,(H,33,41)(H,34,42). The first kappa shape index (κ1) is 30.1. The van der Waals surface area contributed by atoms with Gasteiger partial charge in [0.2, 0.25) is 0 Å². The third kappa shape index (κ3) is 8.34. The van der Waals surface area contributed by atoms with Crippen LogP contribution in [0.4, 0.5) is 22.0 Å². The second-order valence-electron chi connectivity index (χ2n) is 9.31. The van der Waals surface area contributed by atoms with E-state index in [0.29, 0.717) is 37.8 Å². The van der Waals surface area contributed by atoms with Crippen molar-refractivity contribution in [3.63, 3.8) is 0 Å². The molecule has 0 spiro atoms. The fraction of sp³-hybridized carbons (Fsp3) is 0.360. The van der Waals surface area contributed by atoms with E-state index in [1.807, 2.05) is 0 Å². The van der Waals surface area contributed by atoms with Gasteiger partial charge >= 0.3 is 6.18 Å². The highest BCUT2D eigenvalue weighted by atomic mass is 19.4. The molecule has 0 saturated heterocycles. The zero-order chi connectivity index (χ0) is 30.3. The number of aromatic nitrogens is 8. The highest BCUT2D eigenvalue weighted by Crippen LogP contribution is 2.29. The van der Waals surface area contributed by atoms with Gasteiger partial charge in [0.05, 0.1) is 30.2 Å². The lowest BCUT2D eigenvalue weighted by Gasteiger charge is -2.10. The Morgan fingerprint density at radius 1 is 0.810 bits per heavy atom. The molecule has 4 aromatic rings. The molecule has 0 atom stereocenters. The van der Waals surface area contributed by atoms with E-state index < -0.39 is 29.5 Å². The van der Waals surface area contributed by atoms with E-state index >= 15 is 0 Å². The molecule has 0 fully saturated rings. The number of aryl methyl sites for hydroxylation is 2. The molecule has 17 heteroatoms. The number of pyridine rings is 2. The summed E-state index contributed by atoms with van der Waals surface area (Å²) in [6.07, 6.45) is 2.62. The number of unbranched alkanes of at least 4 members (excludes halogenated alkanes) is 1. The van der Waals surface area contributed by atoms with Crippen LogP contribution in [-0.2, 0) is 38.3 Å². The molecule has 0 aliphatic carbocycles. The van der Waals surface area contributed by atoms with Gasteiger partial charge in [0.15, 0.2) is 11.4 Å². The molecule has 2 amide bonds. The fourth-order valence-electron chi connectivity index (χ4n) is 3.63. The molecule has 4 aromatic heterocycles. The molecule has 0 bridgehead atoms. The minimum absolute atomic E-state index is 0.0105. The molecule has 0 aromatic carbocycles. The number of carbonyl (C=O) groups excluding carboxylic acids is 2. The maximum Gasteiger partial charge on any atom is 0.417 e. The highest BCUT2D eigenvalue weighted by molar-refractivity contribution is 5.92. The molecule has 222 valence electrons. The summed E-state index contributed by atoms with van der Waals surface area (Å²) in [5, 5.41) is 20.5. The van der Waals surface area contributed by atoms with Crippen LogP contribution in [0, 0.1) is 0 Å². The first-order chi connectivity index (χ1) is 19.9. The van der Waals surface area contributed by atoms with Gasteiger partial charge in [-0.2, -0.15) is 13.2 Å². The topological polar surface area (TPSA) is 145 Å². The SMILES string of the molecule is CC(F)(F)c1ccc(CNC(=O)c2cn(CCCCn3cc(C(=O)NCc4cncc(C(F)(F)F)c4)nn3)nn2)nc1. The minimum Gasteiger partial charge on any atom is -0.346 e. The summed E-state index contributed by atoms with van der Waals surface area (Å²) >= 11 is 0. The van der Waals surface area contributed by atoms with Gasteiger partial charge in [0, 0.05) is 50.7 Å². The van der Waals surface area contributed by atoms with Crippen molar-refractivity contribution < 1.29 is 31.5 Å². The number of halogens is 5. The van der Waals surface area contributed by atoms with Crippen molar-refractivity contribution in [3.05, 3.63) is 83.0 Å². The number of carbonyl (C=O) groups is 2. The molecule has 0 aliphatic heterocycles. The summed E-state index contributed by atoms with van der Waals surface area (Å²) in [5.74, 6) is -4.09. The van der Waals surface area contributed by atoms with Gasteiger partial charge in [-0.25, -0.2) is 8.78 Å². The Labute approximate surface area is 235 Å². The average molecular weight is 593 g/mol. The van der Waals surface area contributed by atoms with E-state index in [1.54, 1.807) is 0 Å². The van der Waals surface area contributed by atoms with E-state index in [-0.39, 0.29) is 35.6 Å². The second kappa shape index (κ2) is 12.8. The molecule has 0 aliphatic rings. The summed E-state index contributed by atoms with van der Waals surface area (Å²) in [6.45, 7) is 1.52. The van der Waals surface area contributed by atoms with E-state index in [0.717, 1.165) is 19.2 Å². The van der Waals surface area contributed by atoms with Crippen LogP contribution in [0.15, 0.2) is 49.2 Å². The second-order valence-corrected chi connectivity index (χ2v) is 9.31. The Hall–Kier alpha value is -4.83. The van der Waals surface area contributed by atoms with Crippen LogP contribution in [0.3, 0.4) is 0 Å². The van der Waals surface area contributed by atoms with Gasteiger partial charge in [-0.1, -0.05) is 10.4 Å². The van der Waals surface area contributed by atoms with Gasteiger partial charge in [0.1, 0.15) is 0 Å². The summed E-state index contributed by atoms with van der Waals surface area (Å²) in [5.41, 5.74) is -0.440. The smallest absolute Gasteiger partial charge is 0.346 e. The Balaban J connectivity index is 1.17. The molecular weight excluding hydrogens is 567 g/mol. The van der Waals surface area contributed by atoms with Gasteiger partial charge < -0.3 is 10.6 Å². The van der Waals surface area contributed by atoms with Gasteiger partial charge in [-0.05, 0) is 36.6 Å². The lowest BCUT2D eigenvalue weighted by molar-refractivity contribution is -0.137. The van der Waals surface area contributed by atoms with E-state index in [2.05, 4.69) is 41.2 Å². The Kier molecular flexibility index (Phi) is 9.17. The van der Waals surface area contributed by atoms with Crippen LogP contribution in [0.25, 0.3) is 0 Å². The van der Waals surface area contributed by atoms with Crippen molar-refractivity contribution in [2.24, 2.45) is 0 Å². The number of hydrogen-bond acceptors (Lipinski definition) is 8. The maximum absolute atomic E-state index is 13.3. The first-order valence-electron chi connectivity index (χ1n) is 12.6. The molecule has 4 rings (SSSR count). The third-order valence-corrected chi connectivity index (χ3v) is 5.90. The molecule has 0 saturated carbocycles. The van der Waals surface area contributed by atoms with Crippen LogP contribution >= 0.6 is 0 Å². The van der Waals surface area contributed by atoms with Gasteiger partial charge in [0.25, 0.3) is 17.7 Å². The zero-order valence-corrected chi connectivity index (χ0v) is 22.1. The average Bonchev–Trinajstić information content (AvgIpc) is 3.62. The van der Waals surface area contributed by atoms with Crippen molar-refractivity contribution in [1.82, 2.24) is 50.6 Å². The number of hydrogen-bond donors (Lipinski definition) is 2. The van der Waals surface area contributed by atoms with Crippen molar-refractivity contribution >= 4 is 11.8 Å². The van der Waals surface area contributed by atoms with Crippen molar-refractivity contribution in [2.75, 3.05) is 0 Å². The predicted molar refractivity (Wildman–Crippen MR) is 135 cm³/mol. The predicted octanol–water partition coefficient (Wildman–Crippen LogP) is 3.13. The molecule has 12 nitrogen and oxygen atoms in total. The molecule has 4 heterocycles. The van der Waals surface area contributed by atoms with Crippen LogP contribution in [0.2, 0.25) is 0 Å². The number of rotatable bonds is 12. The number of alkyl halides is 5. The summed E-state index contributed by atoms with van der Waals surface area (Å²) in [4.78, 5) is 32.1. The molecule has 2 N–H and O–H groups in total. The Morgan fingerprint density at radius 2 is 1.40 bits per heavy atom. The van der Waals surface area contributed by atoms with Crippen LogP contribution in [-0.4, -0.2) is 51.8 Å². The van der Waals surface area contributed by atoms with Crippen LogP contribution < -0.4 is 10.6 Å². The zero-order valence-electron chi connectivity index (χ0n) is 22.1. The number of nitrogens with zero attached hydrogens (tertiary/aromatic N) is 8. The lowest BCUT2D eigenvalue weighted by Crippen LogP contribution is -2.23.